The highest BCUT2D eigenvalue weighted by molar-refractivity contribution is 14.1. The summed E-state index contributed by atoms with van der Waals surface area (Å²) < 4.78 is 29.2. The van der Waals surface area contributed by atoms with Crippen LogP contribution in [0.3, 0.4) is 0 Å². The molecule has 4 nitrogen and oxygen atoms in total. The number of carbonyl (C=O) groups is 1. The molecule has 1 aromatic heterocycles. The smallest absolute Gasteiger partial charge is 0.251 e. The monoisotopic (exact) mass is 618 g/mol. The summed E-state index contributed by atoms with van der Waals surface area (Å²) in [5.74, 6) is -2.00. The average Bonchev–Trinajstić information content (AvgIpc) is 3.36. The molecular weight excluding hydrogens is 593 g/mol. The summed E-state index contributed by atoms with van der Waals surface area (Å²) >= 11 is 3.79. The van der Waals surface area contributed by atoms with E-state index in [-0.39, 0.29) is 12.1 Å². The molecule has 0 bridgehead atoms. The van der Waals surface area contributed by atoms with Gasteiger partial charge in [0.05, 0.1) is 12.1 Å². The molecule has 4 aromatic rings. The molecule has 0 radical (unpaired) electrons. The average molecular weight is 618 g/mol. The van der Waals surface area contributed by atoms with Gasteiger partial charge >= 0.3 is 0 Å². The Hall–Kier alpha value is -2.66. The third-order valence-corrected chi connectivity index (χ3v) is 7.04. The Bertz CT molecular complexity index is 1330. The Morgan fingerprint density at radius 3 is 2.50 bits per heavy atom. The van der Waals surface area contributed by atoms with Crippen molar-refractivity contribution >= 4 is 39.8 Å². The number of nitrogens with one attached hydrogen (secondary N) is 2. The molecule has 36 heavy (non-hydrogen) atoms. The van der Waals surface area contributed by atoms with Crippen molar-refractivity contribution in [3.05, 3.63) is 115 Å². The number of thiophene rings is 1. The van der Waals surface area contributed by atoms with Crippen LogP contribution in [0.2, 0.25) is 0 Å². The third-order valence-electron chi connectivity index (χ3n) is 5.68. The van der Waals surface area contributed by atoms with Gasteiger partial charge in [-0.25, -0.2) is 8.78 Å². The normalized spacial score (nSPS) is 12.8. The van der Waals surface area contributed by atoms with Gasteiger partial charge in [0.1, 0.15) is 11.6 Å². The van der Waals surface area contributed by atoms with Crippen LogP contribution in [0.1, 0.15) is 33.1 Å². The summed E-state index contributed by atoms with van der Waals surface area (Å²) in [5.41, 5.74) is 4.38. The zero-order valence-electron chi connectivity index (χ0n) is 19.5. The predicted molar refractivity (Wildman–Crippen MR) is 148 cm³/mol. The number of rotatable bonds is 9. The number of aliphatic hydroxyl groups excluding tert-OH is 1. The van der Waals surface area contributed by atoms with Gasteiger partial charge in [0.25, 0.3) is 5.91 Å². The maximum absolute atomic E-state index is 14.0. The molecule has 0 fully saturated rings. The van der Waals surface area contributed by atoms with Gasteiger partial charge < -0.3 is 15.7 Å². The lowest BCUT2D eigenvalue weighted by molar-refractivity contribution is 0.0828. The number of benzene rings is 3. The summed E-state index contributed by atoms with van der Waals surface area (Å²) in [6, 6.07) is 17.4. The maximum Gasteiger partial charge on any atom is 0.251 e. The van der Waals surface area contributed by atoms with E-state index in [2.05, 4.69) is 33.2 Å². The van der Waals surface area contributed by atoms with Gasteiger partial charge in [0.2, 0.25) is 0 Å². The van der Waals surface area contributed by atoms with Crippen molar-refractivity contribution < 1.29 is 18.7 Å². The second-order valence-electron chi connectivity index (χ2n) is 8.58. The molecule has 0 aliphatic carbocycles. The molecule has 0 spiro atoms. The van der Waals surface area contributed by atoms with Crippen LogP contribution in [0.25, 0.3) is 11.1 Å². The van der Waals surface area contributed by atoms with Crippen LogP contribution >= 0.6 is 33.9 Å². The fraction of sp³-hybridized carbons (Fsp3) is 0.179. The summed E-state index contributed by atoms with van der Waals surface area (Å²) in [7, 11) is 0. The van der Waals surface area contributed by atoms with Crippen LogP contribution in [0.5, 0.6) is 0 Å². The van der Waals surface area contributed by atoms with Crippen LogP contribution in [0.15, 0.2) is 77.5 Å². The van der Waals surface area contributed by atoms with E-state index in [1.54, 1.807) is 23.5 Å². The molecule has 3 aromatic carbocycles. The largest absolute Gasteiger partial charge is 0.389 e. The molecule has 2 atom stereocenters. The molecule has 4 rings (SSSR count). The molecule has 186 valence electrons. The first-order valence-electron chi connectivity index (χ1n) is 11.3. The minimum atomic E-state index is -1.14. The number of amides is 1. The second kappa shape index (κ2) is 12.1. The van der Waals surface area contributed by atoms with Crippen molar-refractivity contribution in [1.82, 2.24) is 10.6 Å². The second-order valence-corrected chi connectivity index (χ2v) is 10.6. The Kier molecular flexibility index (Phi) is 8.84. The number of halogens is 3. The standard InChI is InChI=1S/C28H25F2IN2O2S/c1-17-7-20(19-5-6-36-16-19)10-22(8-17)28(35)33-27(21-11-23(29)13-24(30)12-21)26(34)15-32-14-18-3-2-4-25(31)9-18/h2-13,16,26-27,32,34H,14-15H2,1H3,(H,33,35)/t26-,27+/m1/s1. The lowest BCUT2D eigenvalue weighted by Gasteiger charge is -2.25. The first kappa shape index (κ1) is 26.4. The number of aliphatic hydroxyl groups is 1. The maximum atomic E-state index is 14.0. The highest BCUT2D eigenvalue weighted by atomic mass is 127. The van der Waals surface area contributed by atoms with Gasteiger partial charge in [-0.15, -0.1) is 0 Å². The molecule has 8 heteroatoms. The Balaban J connectivity index is 1.55. The van der Waals surface area contributed by atoms with Crippen molar-refractivity contribution in [3.63, 3.8) is 0 Å². The molecule has 1 amide bonds. The van der Waals surface area contributed by atoms with Crippen molar-refractivity contribution in [2.24, 2.45) is 0 Å². The van der Waals surface area contributed by atoms with E-state index in [1.807, 2.05) is 54.1 Å². The van der Waals surface area contributed by atoms with Crippen molar-refractivity contribution in [1.29, 1.82) is 0 Å². The SMILES string of the molecule is Cc1cc(C(=O)N[C@@H](c2cc(F)cc(F)c2)[C@H](O)CNCc2cccc(I)c2)cc(-c2ccsc2)c1. The van der Waals surface area contributed by atoms with E-state index < -0.39 is 29.7 Å². The van der Waals surface area contributed by atoms with Crippen molar-refractivity contribution in [3.8, 4) is 11.1 Å². The zero-order chi connectivity index (χ0) is 25.7. The summed E-state index contributed by atoms with van der Waals surface area (Å²) in [4.78, 5) is 13.3. The van der Waals surface area contributed by atoms with Gasteiger partial charge in [0, 0.05) is 28.3 Å². The highest BCUT2D eigenvalue weighted by Crippen LogP contribution is 2.26. The van der Waals surface area contributed by atoms with Crippen LogP contribution in [-0.2, 0) is 6.54 Å². The third kappa shape index (κ3) is 6.97. The topological polar surface area (TPSA) is 61.4 Å². The first-order chi connectivity index (χ1) is 17.3. The lowest BCUT2D eigenvalue weighted by Crippen LogP contribution is -2.41. The van der Waals surface area contributed by atoms with Gasteiger partial charge in [-0.05, 0) is 111 Å². The van der Waals surface area contributed by atoms with Gasteiger partial charge in [0.15, 0.2) is 0 Å². The molecule has 1 heterocycles. The molecule has 0 aliphatic rings. The van der Waals surface area contributed by atoms with E-state index in [0.717, 1.165) is 44.0 Å². The van der Waals surface area contributed by atoms with Gasteiger partial charge in [-0.1, -0.05) is 18.2 Å². The van der Waals surface area contributed by atoms with Crippen LogP contribution in [0.4, 0.5) is 8.78 Å². The van der Waals surface area contributed by atoms with Crippen LogP contribution in [-0.4, -0.2) is 23.7 Å². The molecule has 0 unspecified atom stereocenters. The van der Waals surface area contributed by atoms with Crippen LogP contribution < -0.4 is 10.6 Å². The lowest BCUT2D eigenvalue weighted by atomic mass is 9.98. The summed E-state index contributed by atoms with van der Waals surface area (Å²) in [6.45, 7) is 2.49. The van der Waals surface area contributed by atoms with Gasteiger partial charge in [-0.2, -0.15) is 11.3 Å². The van der Waals surface area contributed by atoms with Gasteiger partial charge in [-0.3, -0.25) is 4.79 Å². The van der Waals surface area contributed by atoms with Crippen molar-refractivity contribution in [2.75, 3.05) is 6.54 Å². The number of aryl methyl sites for hydroxylation is 1. The Morgan fingerprint density at radius 1 is 1.03 bits per heavy atom. The molecular formula is C28H25F2IN2O2S. The van der Waals surface area contributed by atoms with E-state index in [1.165, 1.54) is 0 Å². The molecule has 0 saturated heterocycles. The number of hydrogen-bond acceptors (Lipinski definition) is 4. The molecule has 0 aliphatic heterocycles. The summed E-state index contributed by atoms with van der Waals surface area (Å²) in [6.07, 6.45) is -1.14. The quantitative estimate of drug-likeness (QED) is 0.195. The number of hydrogen-bond donors (Lipinski definition) is 3. The number of carbonyl (C=O) groups excluding carboxylic acids is 1. The zero-order valence-corrected chi connectivity index (χ0v) is 22.4. The summed E-state index contributed by atoms with van der Waals surface area (Å²) in [5, 5.41) is 20.9. The van der Waals surface area contributed by atoms with Crippen molar-refractivity contribution in [2.45, 2.75) is 25.6 Å². The highest BCUT2D eigenvalue weighted by Gasteiger charge is 2.25. The molecule has 3 N–H and O–H groups in total. The van der Waals surface area contributed by atoms with Crippen LogP contribution in [0, 0.1) is 22.1 Å². The molecule has 0 saturated carbocycles. The minimum Gasteiger partial charge on any atom is -0.389 e. The first-order valence-corrected chi connectivity index (χ1v) is 13.3. The van der Waals surface area contributed by atoms with E-state index in [4.69, 9.17) is 0 Å². The van der Waals surface area contributed by atoms with E-state index in [9.17, 15) is 18.7 Å². The fourth-order valence-electron chi connectivity index (χ4n) is 4.02. The minimum absolute atomic E-state index is 0.0997. The predicted octanol–water partition coefficient (Wildman–Crippen LogP) is 6.23. The Morgan fingerprint density at radius 2 is 1.81 bits per heavy atom. The fourth-order valence-corrected chi connectivity index (χ4v) is 5.29. The Labute approximate surface area is 226 Å². The van der Waals surface area contributed by atoms with E-state index in [0.29, 0.717) is 12.1 Å². The van der Waals surface area contributed by atoms with E-state index >= 15 is 0 Å².